The van der Waals surface area contributed by atoms with E-state index < -0.39 is 4.92 Å². The van der Waals surface area contributed by atoms with Gasteiger partial charge in [0.05, 0.1) is 9.41 Å². The molecule has 0 aromatic rings. The summed E-state index contributed by atoms with van der Waals surface area (Å²) < 4.78 is 0.255. The quantitative estimate of drug-likeness (QED) is 0.415. The highest BCUT2D eigenvalue weighted by Crippen LogP contribution is 2.16. The predicted octanol–water partition coefficient (Wildman–Crippen LogP) is 2.63. The minimum absolute atomic E-state index is 0.0579. The normalized spacial score (nSPS) is 10.9. The Kier molecular flexibility index (Phi) is 3.74. The van der Waals surface area contributed by atoms with E-state index in [1.165, 1.54) is 6.08 Å². The van der Waals surface area contributed by atoms with Gasteiger partial charge >= 0.3 is 0 Å². The molecule has 3 nitrogen and oxygen atoms in total. The van der Waals surface area contributed by atoms with Crippen molar-refractivity contribution < 1.29 is 4.92 Å². The number of hydrogen-bond donors (Lipinski definition) is 0. The monoisotopic (exact) mass is 217 g/mol. The molecule has 0 bridgehead atoms. The number of nitrogens with zero attached hydrogens (tertiary/aromatic N) is 1. The van der Waals surface area contributed by atoms with E-state index in [1.807, 2.05) is 0 Å². The van der Waals surface area contributed by atoms with E-state index >= 15 is 0 Å². The van der Waals surface area contributed by atoms with Crippen LogP contribution in [0.1, 0.15) is 6.92 Å². The molecule has 0 spiro atoms. The molecule has 0 saturated carbocycles. The molecule has 60 valence electrons. The van der Waals surface area contributed by atoms with E-state index in [1.54, 1.807) is 6.92 Å². The van der Waals surface area contributed by atoms with Crippen LogP contribution in [0.25, 0.3) is 0 Å². The van der Waals surface area contributed by atoms with Crippen molar-refractivity contribution in [1.29, 1.82) is 0 Å². The van der Waals surface area contributed by atoms with Crippen molar-refractivity contribution in [2.75, 3.05) is 0 Å². The lowest BCUT2D eigenvalue weighted by atomic mass is 10.3. The van der Waals surface area contributed by atoms with Crippen molar-refractivity contribution in [1.82, 2.24) is 0 Å². The van der Waals surface area contributed by atoms with E-state index in [4.69, 9.17) is 0 Å². The van der Waals surface area contributed by atoms with Crippen LogP contribution in [0, 0.1) is 10.1 Å². The number of allylic oxidation sites excluding steroid dienone is 3. The van der Waals surface area contributed by atoms with Gasteiger partial charge < -0.3 is 0 Å². The molecule has 4 heteroatoms. The van der Waals surface area contributed by atoms with Gasteiger partial charge in [-0.3, -0.25) is 10.1 Å². The van der Waals surface area contributed by atoms with Crippen LogP contribution in [0.5, 0.6) is 0 Å². The number of halogens is 1. The number of hydrogen-bond acceptors (Lipinski definition) is 2. The van der Waals surface area contributed by atoms with E-state index in [2.05, 4.69) is 29.1 Å². The zero-order chi connectivity index (χ0) is 9.02. The van der Waals surface area contributed by atoms with Crippen molar-refractivity contribution in [3.63, 3.8) is 0 Å². The van der Waals surface area contributed by atoms with Gasteiger partial charge in [-0.05, 0) is 22.9 Å². The Balaban J connectivity index is 4.75. The van der Waals surface area contributed by atoms with Gasteiger partial charge in [0.2, 0.25) is 0 Å². The Morgan fingerprint density at radius 3 is 2.18 bits per heavy atom. The second kappa shape index (κ2) is 4.08. The molecule has 0 atom stereocenters. The highest BCUT2D eigenvalue weighted by molar-refractivity contribution is 9.11. The van der Waals surface area contributed by atoms with Crippen LogP contribution < -0.4 is 0 Å². The van der Waals surface area contributed by atoms with Crippen molar-refractivity contribution in [3.05, 3.63) is 45.1 Å². The van der Waals surface area contributed by atoms with Gasteiger partial charge in [-0.15, -0.1) is 0 Å². The minimum Gasteiger partial charge on any atom is -0.258 e. The molecular weight excluding hydrogens is 210 g/mol. The molecule has 0 fully saturated rings. The maximum absolute atomic E-state index is 10.3. The smallest absolute Gasteiger partial charge is 0.258 e. The zero-order valence-corrected chi connectivity index (χ0v) is 7.72. The third kappa shape index (κ3) is 3.72. The second-order valence-corrected chi connectivity index (χ2v) is 3.00. The molecule has 0 aliphatic carbocycles. The molecular formula is C7H8BrNO2. The molecule has 0 aromatic carbocycles. The number of rotatable bonds is 3. The summed E-state index contributed by atoms with van der Waals surface area (Å²) >= 11 is 2.92. The largest absolute Gasteiger partial charge is 0.283 e. The summed E-state index contributed by atoms with van der Waals surface area (Å²) in [4.78, 5) is 9.77. The molecule has 11 heavy (non-hydrogen) atoms. The van der Waals surface area contributed by atoms with Crippen LogP contribution in [-0.4, -0.2) is 4.92 Å². The van der Waals surface area contributed by atoms with Crippen molar-refractivity contribution in [3.8, 4) is 0 Å². The molecule has 0 aliphatic heterocycles. The highest BCUT2D eigenvalue weighted by atomic mass is 79.9. The van der Waals surface area contributed by atoms with E-state index in [0.29, 0.717) is 5.57 Å². The molecule has 0 aliphatic rings. The van der Waals surface area contributed by atoms with Crippen molar-refractivity contribution in [2.24, 2.45) is 0 Å². The first-order valence-corrected chi connectivity index (χ1v) is 3.61. The third-order valence-electron chi connectivity index (χ3n) is 0.858. The summed E-state index contributed by atoms with van der Waals surface area (Å²) in [5.74, 6) is 0. The molecule has 0 aromatic heterocycles. The van der Waals surface area contributed by atoms with Gasteiger partial charge in [-0.25, -0.2) is 0 Å². The fourth-order valence-corrected chi connectivity index (χ4v) is 0.723. The third-order valence-corrected chi connectivity index (χ3v) is 1.26. The molecule has 0 N–H and O–H groups in total. The van der Waals surface area contributed by atoms with Crippen LogP contribution >= 0.6 is 15.9 Å². The van der Waals surface area contributed by atoms with Crippen LogP contribution in [0.3, 0.4) is 0 Å². The summed E-state index contributed by atoms with van der Waals surface area (Å²) in [6.07, 6.45) is 1.36. The lowest BCUT2D eigenvalue weighted by Gasteiger charge is -1.93. The van der Waals surface area contributed by atoms with Gasteiger partial charge in [0.15, 0.2) is 0 Å². The second-order valence-electron chi connectivity index (χ2n) is 2.04. The molecule has 0 radical (unpaired) electrons. The molecule has 0 unspecified atom stereocenters. The van der Waals surface area contributed by atoms with Gasteiger partial charge in [0.25, 0.3) is 5.70 Å². The highest BCUT2D eigenvalue weighted by Gasteiger charge is 2.11. The first-order chi connectivity index (χ1) is 4.95. The summed E-state index contributed by atoms with van der Waals surface area (Å²) in [5, 5.41) is 10.3. The molecule has 0 heterocycles. The Bertz CT molecular complexity index is 227. The fraction of sp³-hybridized carbons (Fsp3) is 0.143. The average Bonchev–Trinajstić information content (AvgIpc) is 1.81. The number of nitro groups is 1. The lowest BCUT2D eigenvalue weighted by Crippen LogP contribution is -1.97. The average molecular weight is 218 g/mol. The van der Waals surface area contributed by atoms with Crippen molar-refractivity contribution >= 4 is 15.9 Å². The topological polar surface area (TPSA) is 43.1 Å². The van der Waals surface area contributed by atoms with Crippen LogP contribution in [0.15, 0.2) is 35.0 Å². The molecule has 0 amide bonds. The van der Waals surface area contributed by atoms with E-state index in [0.717, 1.165) is 0 Å². The van der Waals surface area contributed by atoms with E-state index in [9.17, 15) is 10.1 Å². The minimum atomic E-state index is -0.508. The fourth-order valence-electron chi connectivity index (χ4n) is 0.463. The van der Waals surface area contributed by atoms with Gasteiger partial charge in [0.1, 0.15) is 0 Å². The molecule has 0 rings (SSSR count). The molecule has 0 saturated heterocycles. The summed E-state index contributed by atoms with van der Waals surface area (Å²) in [7, 11) is 0. The zero-order valence-electron chi connectivity index (χ0n) is 6.13. The first-order valence-electron chi connectivity index (χ1n) is 2.81. The first kappa shape index (κ1) is 10.1. The summed E-state index contributed by atoms with van der Waals surface area (Å²) in [6, 6.07) is 0. The lowest BCUT2D eigenvalue weighted by molar-refractivity contribution is -0.419. The summed E-state index contributed by atoms with van der Waals surface area (Å²) in [6.45, 7) is 8.59. The van der Waals surface area contributed by atoms with Crippen molar-refractivity contribution in [2.45, 2.75) is 6.92 Å². The van der Waals surface area contributed by atoms with Gasteiger partial charge in [-0.2, -0.15) is 0 Å². The van der Waals surface area contributed by atoms with Crippen LogP contribution in [0.4, 0.5) is 0 Å². The van der Waals surface area contributed by atoms with Gasteiger partial charge in [0, 0.05) is 6.08 Å². The maximum Gasteiger partial charge on any atom is 0.283 e. The predicted molar refractivity (Wildman–Crippen MR) is 48.0 cm³/mol. The van der Waals surface area contributed by atoms with Crippen LogP contribution in [-0.2, 0) is 0 Å². The SMILES string of the molecule is C=C(C)/C=C(\C(=C)Br)[N+](=O)[O-]. The standard InChI is InChI=1S/C7H8BrNO2/c1-5(2)4-7(6(3)8)9(10)11/h4H,1,3H2,2H3/b7-4+. The van der Waals surface area contributed by atoms with E-state index in [-0.39, 0.29) is 10.2 Å². The Labute approximate surface area is 73.4 Å². The van der Waals surface area contributed by atoms with Crippen LogP contribution in [0.2, 0.25) is 0 Å². The Hall–Kier alpha value is -0.900. The Morgan fingerprint density at radius 1 is 1.64 bits per heavy atom. The Morgan fingerprint density at radius 2 is 2.09 bits per heavy atom. The summed E-state index contributed by atoms with van der Waals surface area (Å²) in [5.41, 5.74) is 0.565. The van der Waals surface area contributed by atoms with Gasteiger partial charge in [-0.1, -0.05) is 18.7 Å². The maximum atomic E-state index is 10.3.